The molecule has 174 valence electrons. The summed E-state index contributed by atoms with van der Waals surface area (Å²) in [6.45, 7) is 2.87. The Morgan fingerprint density at radius 1 is 1.03 bits per heavy atom. The summed E-state index contributed by atoms with van der Waals surface area (Å²) in [6.07, 6.45) is 5.92. The van der Waals surface area contributed by atoms with Gasteiger partial charge in [0.05, 0.1) is 19.4 Å². The molecule has 0 bridgehead atoms. The fourth-order valence-electron chi connectivity index (χ4n) is 3.63. The monoisotopic (exact) mass is 477 g/mol. The van der Waals surface area contributed by atoms with Crippen molar-refractivity contribution in [1.82, 2.24) is 24.2 Å². The zero-order valence-electron chi connectivity index (χ0n) is 18.9. The van der Waals surface area contributed by atoms with Gasteiger partial charge in [-0.25, -0.2) is 8.91 Å². The van der Waals surface area contributed by atoms with Gasteiger partial charge in [0, 0.05) is 23.7 Å². The molecule has 0 aliphatic rings. The maximum atomic E-state index is 14.0. The lowest BCUT2D eigenvalue weighted by Crippen LogP contribution is -1.96. The van der Waals surface area contributed by atoms with Crippen molar-refractivity contribution in [2.45, 2.75) is 30.7 Å². The maximum Gasteiger partial charge on any atom is 0.196 e. The molecule has 0 radical (unpaired) electrons. The molecule has 0 aliphatic heterocycles. The lowest BCUT2D eigenvalue weighted by molar-refractivity contribution is 0.309. The van der Waals surface area contributed by atoms with E-state index in [1.165, 1.54) is 24.9 Å². The summed E-state index contributed by atoms with van der Waals surface area (Å²) in [5, 5.41) is 14.2. The number of halogens is 1. The van der Waals surface area contributed by atoms with Gasteiger partial charge in [-0.2, -0.15) is 5.10 Å². The molecule has 9 heteroatoms. The fourth-order valence-corrected chi connectivity index (χ4v) is 4.49. The van der Waals surface area contributed by atoms with E-state index in [4.69, 9.17) is 14.6 Å². The molecule has 0 aliphatic carbocycles. The third-order valence-corrected chi connectivity index (χ3v) is 6.50. The molecule has 0 saturated heterocycles. The minimum Gasteiger partial charge on any atom is -0.494 e. The Kier molecular flexibility index (Phi) is 6.35. The second-order valence-corrected chi connectivity index (χ2v) is 8.76. The number of benzene rings is 2. The molecule has 0 saturated carbocycles. The summed E-state index contributed by atoms with van der Waals surface area (Å²) in [5.74, 6) is 1.28. The van der Waals surface area contributed by atoms with Gasteiger partial charge in [0.2, 0.25) is 0 Å². The predicted molar refractivity (Wildman–Crippen MR) is 130 cm³/mol. The molecule has 3 aromatic heterocycles. The van der Waals surface area contributed by atoms with Crippen LogP contribution in [0.25, 0.3) is 22.4 Å². The van der Waals surface area contributed by atoms with Crippen LogP contribution in [0.5, 0.6) is 11.5 Å². The van der Waals surface area contributed by atoms with E-state index in [1.807, 2.05) is 53.2 Å². The average Bonchev–Trinajstić information content (AvgIpc) is 3.47. The van der Waals surface area contributed by atoms with E-state index in [-0.39, 0.29) is 11.6 Å². The standard InChI is InChI=1S/C25H24FN5O2S/c1-3-4-13-33-19-8-6-18(7-9-19)21-15-22-24-27-28-25(30(24)11-12-31(22)29-21)34-16-17-5-10-23(32-2)20(26)14-17/h5-12,14-15H,3-4,13,16H2,1-2H3. The molecule has 0 atom stereocenters. The van der Waals surface area contributed by atoms with Gasteiger partial charge in [-0.1, -0.05) is 31.2 Å². The number of aromatic nitrogens is 5. The molecular formula is C25H24FN5O2S. The topological polar surface area (TPSA) is 66.0 Å². The molecule has 0 amide bonds. The van der Waals surface area contributed by atoms with E-state index in [1.54, 1.807) is 10.6 Å². The first-order chi connectivity index (χ1) is 16.7. The van der Waals surface area contributed by atoms with Crippen LogP contribution in [0.1, 0.15) is 25.3 Å². The number of fused-ring (bicyclic) bond motifs is 3. The average molecular weight is 478 g/mol. The molecule has 3 heterocycles. The van der Waals surface area contributed by atoms with Gasteiger partial charge in [-0.05, 0) is 54.4 Å². The third-order valence-electron chi connectivity index (χ3n) is 5.49. The number of unbranched alkanes of at least 4 members (excludes halogenated alkanes) is 1. The normalized spacial score (nSPS) is 11.4. The number of hydrogen-bond acceptors (Lipinski definition) is 6. The van der Waals surface area contributed by atoms with E-state index >= 15 is 0 Å². The number of rotatable bonds is 9. The zero-order valence-corrected chi connectivity index (χ0v) is 19.8. The number of thioether (sulfide) groups is 1. The smallest absolute Gasteiger partial charge is 0.196 e. The van der Waals surface area contributed by atoms with Crippen LogP contribution in [0.3, 0.4) is 0 Å². The second kappa shape index (κ2) is 9.72. The molecule has 0 N–H and O–H groups in total. The van der Waals surface area contributed by atoms with Gasteiger partial charge < -0.3 is 9.47 Å². The van der Waals surface area contributed by atoms with E-state index < -0.39 is 0 Å². The van der Waals surface area contributed by atoms with Crippen LogP contribution in [0.4, 0.5) is 4.39 Å². The fraction of sp³-hybridized carbons (Fsp3) is 0.240. The van der Waals surface area contributed by atoms with Crippen LogP contribution < -0.4 is 9.47 Å². The van der Waals surface area contributed by atoms with Gasteiger partial charge >= 0.3 is 0 Å². The molecule has 0 unspecified atom stereocenters. The predicted octanol–water partition coefficient (Wildman–Crippen LogP) is 5.66. The van der Waals surface area contributed by atoms with Crippen LogP contribution in [0.15, 0.2) is 66.1 Å². The van der Waals surface area contributed by atoms with Crippen molar-refractivity contribution in [2.24, 2.45) is 0 Å². The van der Waals surface area contributed by atoms with E-state index in [0.29, 0.717) is 11.4 Å². The summed E-state index contributed by atoms with van der Waals surface area (Å²) >= 11 is 1.49. The Labute approximate surface area is 200 Å². The SMILES string of the molecule is CCCCOc1ccc(-c2cc3c4nnc(SCc5ccc(OC)c(F)c5)n4ccn3n2)cc1. The minimum atomic E-state index is -0.374. The summed E-state index contributed by atoms with van der Waals surface area (Å²) in [7, 11) is 1.45. The number of methoxy groups -OCH3 is 1. The van der Waals surface area contributed by atoms with Crippen molar-refractivity contribution in [1.29, 1.82) is 0 Å². The molecule has 7 nitrogen and oxygen atoms in total. The largest absolute Gasteiger partial charge is 0.494 e. The number of nitrogens with zero attached hydrogens (tertiary/aromatic N) is 5. The van der Waals surface area contributed by atoms with Crippen molar-refractivity contribution in [3.63, 3.8) is 0 Å². The molecule has 5 rings (SSSR count). The summed E-state index contributed by atoms with van der Waals surface area (Å²) in [5.41, 5.74) is 4.26. The van der Waals surface area contributed by atoms with E-state index in [2.05, 4.69) is 17.1 Å². The minimum absolute atomic E-state index is 0.235. The summed E-state index contributed by atoms with van der Waals surface area (Å²) < 4.78 is 28.5. The van der Waals surface area contributed by atoms with Crippen LogP contribution in [0.2, 0.25) is 0 Å². The van der Waals surface area contributed by atoms with Crippen molar-refractivity contribution in [2.75, 3.05) is 13.7 Å². The third kappa shape index (κ3) is 4.43. The first-order valence-electron chi connectivity index (χ1n) is 11.1. The first kappa shape index (κ1) is 22.2. The van der Waals surface area contributed by atoms with Gasteiger partial charge in [-0.3, -0.25) is 4.40 Å². The highest BCUT2D eigenvalue weighted by Gasteiger charge is 2.14. The van der Waals surface area contributed by atoms with Gasteiger partial charge in [0.25, 0.3) is 0 Å². The Hall–Kier alpha value is -3.59. The van der Waals surface area contributed by atoms with Crippen molar-refractivity contribution < 1.29 is 13.9 Å². The Balaban J connectivity index is 1.36. The maximum absolute atomic E-state index is 14.0. The lowest BCUT2D eigenvalue weighted by Gasteiger charge is -2.05. The second-order valence-electron chi connectivity index (χ2n) is 7.82. The molecule has 0 spiro atoms. The molecule has 5 aromatic rings. The highest BCUT2D eigenvalue weighted by molar-refractivity contribution is 7.98. The van der Waals surface area contributed by atoms with Crippen LogP contribution >= 0.6 is 11.8 Å². The van der Waals surface area contributed by atoms with Crippen molar-refractivity contribution in [3.05, 3.63) is 72.3 Å². The highest BCUT2D eigenvalue weighted by atomic mass is 32.2. The Morgan fingerprint density at radius 2 is 1.88 bits per heavy atom. The summed E-state index contributed by atoms with van der Waals surface area (Å²) in [6, 6.07) is 14.9. The first-order valence-corrected chi connectivity index (χ1v) is 12.1. The van der Waals surface area contributed by atoms with Crippen molar-refractivity contribution in [3.8, 4) is 22.8 Å². The zero-order chi connectivity index (χ0) is 23.5. The van der Waals surface area contributed by atoms with Gasteiger partial charge in [0.1, 0.15) is 11.3 Å². The Bertz CT molecular complexity index is 1430. The molecule has 34 heavy (non-hydrogen) atoms. The number of ether oxygens (including phenoxy) is 2. The van der Waals surface area contributed by atoms with Crippen LogP contribution in [-0.4, -0.2) is 37.9 Å². The van der Waals surface area contributed by atoms with Crippen LogP contribution in [-0.2, 0) is 5.75 Å². The van der Waals surface area contributed by atoms with E-state index in [0.717, 1.165) is 52.7 Å². The van der Waals surface area contributed by atoms with Gasteiger partial charge in [0.15, 0.2) is 22.4 Å². The quantitative estimate of drug-likeness (QED) is 0.202. The Morgan fingerprint density at radius 3 is 2.65 bits per heavy atom. The highest BCUT2D eigenvalue weighted by Crippen LogP contribution is 2.28. The molecule has 0 fully saturated rings. The van der Waals surface area contributed by atoms with Crippen LogP contribution in [0, 0.1) is 5.82 Å². The van der Waals surface area contributed by atoms with Gasteiger partial charge in [-0.15, -0.1) is 10.2 Å². The van der Waals surface area contributed by atoms with Crippen molar-refractivity contribution >= 4 is 22.9 Å². The lowest BCUT2D eigenvalue weighted by atomic mass is 10.1. The summed E-state index contributed by atoms with van der Waals surface area (Å²) in [4.78, 5) is 0. The molecular weight excluding hydrogens is 453 g/mol. The number of hydrogen-bond donors (Lipinski definition) is 0. The van der Waals surface area contributed by atoms with E-state index in [9.17, 15) is 4.39 Å². The molecule has 2 aromatic carbocycles.